The summed E-state index contributed by atoms with van der Waals surface area (Å²) in [6.45, 7) is 9.24. The van der Waals surface area contributed by atoms with E-state index >= 15 is 0 Å². The Kier molecular flexibility index (Phi) is 6.66. The fraction of sp³-hybridized carbons (Fsp3) is 0.429. The lowest BCUT2D eigenvalue weighted by Crippen LogP contribution is -2.36. The molecule has 0 fully saturated rings. The second-order valence-corrected chi connectivity index (χ2v) is 4.10. The van der Waals surface area contributed by atoms with E-state index in [1.54, 1.807) is 19.2 Å². The Morgan fingerprint density at radius 3 is 2.35 bits per heavy atom. The molecule has 1 unspecified atom stereocenters. The molecular formula is C14H22FN5. The fourth-order valence-corrected chi connectivity index (χ4v) is 1.72. The highest BCUT2D eigenvalue weighted by molar-refractivity contribution is 5.84. The van der Waals surface area contributed by atoms with Crippen LogP contribution in [0.15, 0.2) is 34.3 Å². The molecule has 2 N–H and O–H groups in total. The Hall–Kier alpha value is -1.95. The van der Waals surface area contributed by atoms with Crippen LogP contribution in [0.3, 0.4) is 0 Å². The van der Waals surface area contributed by atoms with Crippen molar-refractivity contribution in [3.63, 3.8) is 0 Å². The van der Waals surface area contributed by atoms with Gasteiger partial charge >= 0.3 is 0 Å². The number of guanidine groups is 1. The number of hydrogen-bond acceptors (Lipinski definition) is 3. The Morgan fingerprint density at radius 1 is 1.30 bits per heavy atom. The van der Waals surface area contributed by atoms with E-state index in [4.69, 9.17) is 0 Å². The Bertz CT molecular complexity index is 439. The Balaban J connectivity index is 2.83. The van der Waals surface area contributed by atoms with Gasteiger partial charge in [-0.15, -0.1) is 0 Å². The molecule has 1 aromatic rings. The maximum absolute atomic E-state index is 12.9. The van der Waals surface area contributed by atoms with Gasteiger partial charge in [0, 0.05) is 18.8 Å². The van der Waals surface area contributed by atoms with Gasteiger partial charge in [0.05, 0.1) is 0 Å². The van der Waals surface area contributed by atoms with Crippen LogP contribution < -0.4 is 10.6 Å². The van der Waals surface area contributed by atoms with Crippen molar-refractivity contribution in [1.82, 2.24) is 10.2 Å². The number of hydrogen-bond donors (Lipinski definition) is 2. The molecule has 5 nitrogen and oxygen atoms in total. The van der Waals surface area contributed by atoms with Gasteiger partial charge in [0.15, 0.2) is 6.29 Å². The number of halogens is 1. The van der Waals surface area contributed by atoms with Crippen LogP contribution in [0.5, 0.6) is 0 Å². The van der Waals surface area contributed by atoms with E-state index in [1.807, 2.05) is 18.7 Å². The minimum atomic E-state index is -0.360. The predicted octanol–water partition coefficient (Wildman–Crippen LogP) is 2.14. The zero-order chi connectivity index (χ0) is 15.0. The van der Waals surface area contributed by atoms with E-state index in [0.717, 1.165) is 18.8 Å². The van der Waals surface area contributed by atoms with Gasteiger partial charge in [-0.25, -0.2) is 14.4 Å². The van der Waals surface area contributed by atoms with Gasteiger partial charge in [-0.05, 0) is 51.9 Å². The van der Waals surface area contributed by atoms with Crippen LogP contribution in [-0.2, 0) is 0 Å². The number of anilines is 1. The van der Waals surface area contributed by atoms with Gasteiger partial charge < -0.3 is 10.2 Å². The molecule has 0 spiro atoms. The predicted molar refractivity (Wildman–Crippen MR) is 82.8 cm³/mol. The summed E-state index contributed by atoms with van der Waals surface area (Å²) in [5.41, 5.74) is 0.775. The van der Waals surface area contributed by atoms with Crippen molar-refractivity contribution >= 4 is 18.4 Å². The van der Waals surface area contributed by atoms with E-state index in [9.17, 15) is 4.39 Å². The molecule has 0 aliphatic heterocycles. The summed E-state index contributed by atoms with van der Waals surface area (Å²) in [5.74, 6) is 0.306. The van der Waals surface area contributed by atoms with E-state index in [-0.39, 0.29) is 12.1 Å². The molecule has 0 amide bonds. The zero-order valence-electron chi connectivity index (χ0n) is 12.2. The molecule has 20 heavy (non-hydrogen) atoms. The van der Waals surface area contributed by atoms with Gasteiger partial charge in [0.2, 0.25) is 5.96 Å². The van der Waals surface area contributed by atoms with Crippen LogP contribution in [0.25, 0.3) is 0 Å². The second-order valence-electron chi connectivity index (χ2n) is 4.10. The summed E-state index contributed by atoms with van der Waals surface area (Å²) in [6.07, 6.45) is -0.360. The summed E-state index contributed by atoms with van der Waals surface area (Å²) in [4.78, 5) is 10.4. The van der Waals surface area contributed by atoms with Crippen LogP contribution >= 0.6 is 0 Å². The molecule has 1 rings (SSSR count). The molecule has 0 aliphatic rings. The van der Waals surface area contributed by atoms with Gasteiger partial charge in [-0.1, -0.05) is 0 Å². The van der Waals surface area contributed by atoms with Gasteiger partial charge in [0.25, 0.3) is 0 Å². The summed E-state index contributed by atoms with van der Waals surface area (Å²) < 4.78 is 12.9. The number of rotatable bonds is 6. The molecule has 0 aliphatic carbocycles. The van der Waals surface area contributed by atoms with Crippen LogP contribution in [0.1, 0.15) is 13.8 Å². The molecule has 1 atom stereocenters. The number of aliphatic imine (C=N–C) groups is 2. The topological polar surface area (TPSA) is 52.0 Å². The van der Waals surface area contributed by atoms with Crippen LogP contribution in [0.2, 0.25) is 0 Å². The molecule has 0 aromatic heterocycles. The molecule has 6 heteroatoms. The lowest BCUT2D eigenvalue weighted by molar-refractivity contribution is 0.453. The van der Waals surface area contributed by atoms with E-state index in [1.165, 1.54) is 12.1 Å². The van der Waals surface area contributed by atoms with Crippen LogP contribution in [0, 0.1) is 5.82 Å². The van der Waals surface area contributed by atoms with E-state index in [0.29, 0.717) is 5.96 Å². The first-order valence-electron chi connectivity index (χ1n) is 6.63. The van der Waals surface area contributed by atoms with E-state index in [2.05, 4.69) is 27.3 Å². The van der Waals surface area contributed by atoms with Gasteiger partial charge in [-0.3, -0.25) is 5.32 Å². The third-order valence-electron chi connectivity index (χ3n) is 2.85. The quantitative estimate of drug-likeness (QED) is 0.476. The van der Waals surface area contributed by atoms with Crippen molar-refractivity contribution in [2.75, 3.05) is 25.5 Å². The molecule has 1 aromatic carbocycles. The largest absolute Gasteiger partial charge is 0.351 e. The highest BCUT2D eigenvalue weighted by atomic mass is 19.1. The number of benzene rings is 1. The zero-order valence-corrected chi connectivity index (χ0v) is 12.2. The van der Waals surface area contributed by atoms with Crippen molar-refractivity contribution in [3.8, 4) is 0 Å². The van der Waals surface area contributed by atoms with Crippen molar-refractivity contribution in [3.05, 3.63) is 30.1 Å². The molecule has 110 valence electrons. The normalized spacial score (nSPS) is 12.9. The van der Waals surface area contributed by atoms with Crippen molar-refractivity contribution in [2.45, 2.75) is 20.1 Å². The van der Waals surface area contributed by atoms with Crippen molar-refractivity contribution in [1.29, 1.82) is 0 Å². The highest BCUT2D eigenvalue weighted by Crippen LogP contribution is 2.09. The average Bonchev–Trinajstić information content (AvgIpc) is 2.48. The summed E-state index contributed by atoms with van der Waals surface area (Å²) in [6, 6.07) is 6.12. The van der Waals surface area contributed by atoms with Crippen molar-refractivity contribution in [2.24, 2.45) is 9.98 Å². The van der Waals surface area contributed by atoms with Gasteiger partial charge in [-0.2, -0.15) is 0 Å². The number of nitrogens with one attached hydrogen (secondary N) is 2. The third kappa shape index (κ3) is 4.62. The molecule has 0 heterocycles. The first-order valence-corrected chi connectivity index (χ1v) is 6.63. The van der Waals surface area contributed by atoms with E-state index < -0.39 is 0 Å². The maximum atomic E-state index is 12.9. The Morgan fingerprint density at radius 2 is 1.90 bits per heavy atom. The summed E-state index contributed by atoms with van der Waals surface area (Å²) in [5, 5.41) is 6.17. The minimum Gasteiger partial charge on any atom is -0.351 e. The summed E-state index contributed by atoms with van der Waals surface area (Å²) in [7, 11) is 1.79. The van der Waals surface area contributed by atoms with Gasteiger partial charge in [0.1, 0.15) is 5.82 Å². The first kappa shape index (κ1) is 16.1. The fourth-order valence-electron chi connectivity index (χ4n) is 1.72. The number of nitrogens with zero attached hydrogens (tertiary/aromatic N) is 3. The average molecular weight is 279 g/mol. The van der Waals surface area contributed by atoms with Crippen LogP contribution in [0.4, 0.5) is 10.1 Å². The standard InChI is InChI=1S/C14H22FN5/c1-5-20(6-2)14(17-4)19-13(16-3)18-12-9-7-11(15)8-10-12/h7-10,13,16,18H,4-6H2,1-3H3/b19-14+. The molecule has 0 saturated heterocycles. The molecule has 0 saturated carbocycles. The minimum absolute atomic E-state index is 0.267. The SMILES string of the molecule is C=N/C(=N\C(NC)Nc1ccc(F)cc1)N(CC)CC. The molecule has 0 bridgehead atoms. The summed E-state index contributed by atoms with van der Waals surface area (Å²) >= 11 is 0. The monoisotopic (exact) mass is 279 g/mol. The van der Waals surface area contributed by atoms with Crippen LogP contribution in [-0.4, -0.2) is 44.0 Å². The lowest BCUT2D eigenvalue weighted by atomic mass is 10.3. The third-order valence-corrected chi connectivity index (χ3v) is 2.85. The lowest BCUT2D eigenvalue weighted by Gasteiger charge is -2.22. The first-order chi connectivity index (χ1) is 9.64. The smallest absolute Gasteiger partial charge is 0.223 e. The second kappa shape index (κ2) is 8.27. The maximum Gasteiger partial charge on any atom is 0.223 e. The van der Waals surface area contributed by atoms with Crippen molar-refractivity contribution < 1.29 is 4.39 Å². The molecular weight excluding hydrogens is 257 g/mol. The molecule has 0 radical (unpaired) electrons. The highest BCUT2D eigenvalue weighted by Gasteiger charge is 2.09. The Labute approximate surface area is 119 Å².